The molecule has 0 fully saturated rings. The minimum atomic E-state index is -0.332. The third-order valence-electron chi connectivity index (χ3n) is 4.20. The number of anilines is 2. The number of hydrogen-bond acceptors (Lipinski definition) is 4. The highest BCUT2D eigenvalue weighted by atomic mass is 16.2. The highest BCUT2D eigenvalue weighted by Crippen LogP contribution is 2.16. The molecule has 0 unspecified atom stereocenters. The fourth-order valence-corrected chi connectivity index (χ4v) is 2.76. The van der Waals surface area contributed by atoms with Crippen molar-refractivity contribution in [1.82, 2.24) is 10.3 Å². The van der Waals surface area contributed by atoms with Gasteiger partial charge in [-0.3, -0.25) is 19.4 Å². The van der Waals surface area contributed by atoms with Gasteiger partial charge in [-0.05, 0) is 75.4 Å². The van der Waals surface area contributed by atoms with Crippen LogP contribution in [0.5, 0.6) is 0 Å². The highest BCUT2D eigenvalue weighted by Gasteiger charge is 2.15. The first-order chi connectivity index (χ1) is 14.7. The van der Waals surface area contributed by atoms with E-state index in [0.717, 1.165) is 0 Å². The number of carbonyl (C=O) groups excluding carboxylic acids is 3. The lowest BCUT2D eigenvalue weighted by molar-refractivity contribution is 0.0918. The molecule has 7 heteroatoms. The lowest BCUT2D eigenvalue weighted by Gasteiger charge is -2.20. The van der Waals surface area contributed by atoms with Gasteiger partial charge in [-0.15, -0.1) is 0 Å². The third-order valence-corrected chi connectivity index (χ3v) is 4.20. The van der Waals surface area contributed by atoms with Gasteiger partial charge in [-0.1, -0.05) is 6.07 Å². The summed E-state index contributed by atoms with van der Waals surface area (Å²) in [4.78, 5) is 41.0. The van der Waals surface area contributed by atoms with Crippen molar-refractivity contribution in [3.05, 3.63) is 89.7 Å². The van der Waals surface area contributed by atoms with Crippen LogP contribution in [0.3, 0.4) is 0 Å². The molecule has 1 aromatic heterocycles. The van der Waals surface area contributed by atoms with Crippen LogP contribution in [-0.4, -0.2) is 28.2 Å². The molecule has 0 aliphatic heterocycles. The van der Waals surface area contributed by atoms with E-state index in [0.29, 0.717) is 28.1 Å². The molecule has 0 atom stereocenters. The second kappa shape index (κ2) is 9.21. The fourth-order valence-electron chi connectivity index (χ4n) is 2.76. The summed E-state index contributed by atoms with van der Waals surface area (Å²) < 4.78 is 0. The van der Waals surface area contributed by atoms with Gasteiger partial charge in [0.25, 0.3) is 17.7 Å². The van der Waals surface area contributed by atoms with E-state index in [4.69, 9.17) is 0 Å². The highest BCUT2D eigenvalue weighted by molar-refractivity contribution is 6.07. The van der Waals surface area contributed by atoms with Crippen LogP contribution in [0.4, 0.5) is 11.4 Å². The topological polar surface area (TPSA) is 100 Å². The molecule has 3 N–H and O–H groups in total. The van der Waals surface area contributed by atoms with Gasteiger partial charge in [-0.25, -0.2) is 0 Å². The summed E-state index contributed by atoms with van der Waals surface area (Å²) in [5, 5.41) is 8.43. The molecule has 0 radical (unpaired) electrons. The smallest absolute Gasteiger partial charge is 0.257 e. The number of hydrogen-bond donors (Lipinski definition) is 3. The summed E-state index contributed by atoms with van der Waals surface area (Å²) in [6.07, 6.45) is 3.06. The Morgan fingerprint density at radius 2 is 1.35 bits per heavy atom. The first-order valence-electron chi connectivity index (χ1n) is 9.77. The SMILES string of the molecule is CC(C)(C)NC(=O)c1ccc(NC(=O)c2cccc(NC(=O)c3cccnc3)c2)cc1. The molecule has 7 nitrogen and oxygen atoms in total. The Labute approximate surface area is 180 Å². The normalized spacial score (nSPS) is 10.8. The van der Waals surface area contributed by atoms with Crippen molar-refractivity contribution in [3.8, 4) is 0 Å². The van der Waals surface area contributed by atoms with Crippen LogP contribution in [0, 0.1) is 0 Å². The summed E-state index contributed by atoms with van der Waals surface area (Å²) in [7, 11) is 0. The third kappa shape index (κ3) is 6.24. The van der Waals surface area contributed by atoms with Crippen molar-refractivity contribution in [2.45, 2.75) is 26.3 Å². The number of amides is 3. The van der Waals surface area contributed by atoms with Gasteiger partial charge >= 0.3 is 0 Å². The second-order valence-electron chi connectivity index (χ2n) is 8.01. The Bertz CT molecular complexity index is 1090. The maximum atomic E-state index is 12.6. The number of carbonyl (C=O) groups is 3. The van der Waals surface area contributed by atoms with E-state index in [1.807, 2.05) is 20.8 Å². The number of nitrogens with one attached hydrogen (secondary N) is 3. The zero-order valence-electron chi connectivity index (χ0n) is 17.6. The second-order valence-corrected chi connectivity index (χ2v) is 8.01. The van der Waals surface area contributed by atoms with Crippen molar-refractivity contribution in [1.29, 1.82) is 0 Å². The molecule has 158 valence electrons. The van der Waals surface area contributed by atoms with E-state index < -0.39 is 0 Å². The van der Waals surface area contributed by atoms with Gasteiger partial charge in [0.1, 0.15) is 0 Å². The predicted octanol–water partition coefficient (Wildman–Crippen LogP) is 4.11. The van der Waals surface area contributed by atoms with Crippen LogP contribution in [-0.2, 0) is 0 Å². The maximum Gasteiger partial charge on any atom is 0.257 e. The largest absolute Gasteiger partial charge is 0.347 e. The molecule has 3 amide bonds. The van der Waals surface area contributed by atoms with E-state index in [-0.39, 0.29) is 23.3 Å². The molecule has 31 heavy (non-hydrogen) atoms. The van der Waals surface area contributed by atoms with Crippen LogP contribution in [0.15, 0.2) is 73.1 Å². The van der Waals surface area contributed by atoms with E-state index in [1.165, 1.54) is 6.20 Å². The molecule has 3 aromatic rings. The number of benzene rings is 2. The first-order valence-corrected chi connectivity index (χ1v) is 9.77. The van der Waals surface area contributed by atoms with Crippen LogP contribution in [0.2, 0.25) is 0 Å². The minimum Gasteiger partial charge on any atom is -0.347 e. The molecule has 0 bridgehead atoms. The van der Waals surface area contributed by atoms with Gasteiger partial charge in [0, 0.05) is 40.4 Å². The Hall–Kier alpha value is -4.00. The van der Waals surface area contributed by atoms with Crippen LogP contribution in [0.25, 0.3) is 0 Å². The van der Waals surface area contributed by atoms with Crippen molar-refractivity contribution in [2.24, 2.45) is 0 Å². The lowest BCUT2D eigenvalue weighted by atomic mass is 10.1. The van der Waals surface area contributed by atoms with Crippen molar-refractivity contribution in [2.75, 3.05) is 10.6 Å². The van der Waals surface area contributed by atoms with Gasteiger partial charge < -0.3 is 16.0 Å². The van der Waals surface area contributed by atoms with E-state index in [1.54, 1.807) is 66.9 Å². The van der Waals surface area contributed by atoms with Gasteiger partial charge in [0.15, 0.2) is 0 Å². The summed E-state index contributed by atoms with van der Waals surface area (Å²) in [6.45, 7) is 5.73. The fraction of sp³-hybridized carbons (Fsp3) is 0.167. The Morgan fingerprint density at radius 3 is 2.00 bits per heavy atom. The molecule has 0 spiro atoms. The average Bonchev–Trinajstić information content (AvgIpc) is 2.74. The minimum absolute atomic E-state index is 0.178. The zero-order chi connectivity index (χ0) is 22.4. The molecule has 0 aliphatic rings. The van der Waals surface area contributed by atoms with E-state index in [2.05, 4.69) is 20.9 Å². The average molecular weight is 416 g/mol. The monoisotopic (exact) mass is 416 g/mol. The molecule has 3 rings (SSSR count). The van der Waals surface area contributed by atoms with Crippen LogP contribution in [0.1, 0.15) is 51.8 Å². The quantitative estimate of drug-likeness (QED) is 0.583. The Kier molecular flexibility index (Phi) is 6.45. The standard InChI is InChI=1S/C24H24N4O3/c1-24(2,3)28-23(31)16-9-11-19(12-10-16)26-21(29)17-6-4-8-20(14-17)27-22(30)18-7-5-13-25-15-18/h4-15H,1-3H3,(H,26,29)(H,27,30)(H,28,31). The number of rotatable bonds is 5. The van der Waals surface area contributed by atoms with Crippen molar-refractivity contribution in [3.63, 3.8) is 0 Å². The van der Waals surface area contributed by atoms with Crippen LogP contribution >= 0.6 is 0 Å². The van der Waals surface area contributed by atoms with Gasteiger partial charge in [0.05, 0.1) is 5.56 Å². The van der Waals surface area contributed by atoms with E-state index in [9.17, 15) is 14.4 Å². The van der Waals surface area contributed by atoms with Gasteiger partial charge in [0.2, 0.25) is 0 Å². The first kappa shape index (κ1) is 21.7. The number of pyridine rings is 1. The Balaban J connectivity index is 1.65. The molecule has 1 heterocycles. The molecule has 0 saturated carbocycles. The predicted molar refractivity (Wildman–Crippen MR) is 120 cm³/mol. The summed E-state index contributed by atoms with van der Waals surface area (Å²) >= 11 is 0. The molecule has 0 aliphatic carbocycles. The van der Waals surface area contributed by atoms with Crippen LogP contribution < -0.4 is 16.0 Å². The van der Waals surface area contributed by atoms with Crippen molar-refractivity contribution >= 4 is 29.1 Å². The Morgan fingerprint density at radius 1 is 0.710 bits per heavy atom. The molecule has 0 saturated heterocycles. The van der Waals surface area contributed by atoms with E-state index >= 15 is 0 Å². The van der Waals surface area contributed by atoms with Crippen molar-refractivity contribution < 1.29 is 14.4 Å². The summed E-state index contributed by atoms with van der Waals surface area (Å²) in [5.41, 5.74) is 2.04. The number of nitrogens with zero attached hydrogens (tertiary/aromatic N) is 1. The summed E-state index contributed by atoms with van der Waals surface area (Å²) in [5.74, 6) is -0.818. The molecular weight excluding hydrogens is 392 g/mol. The summed E-state index contributed by atoms with van der Waals surface area (Å²) in [6, 6.07) is 16.6. The zero-order valence-corrected chi connectivity index (χ0v) is 17.6. The number of aromatic nitrogens is 1. The maximum absolute atomic E-state index is 12.6. The molecular formula is C24H24N4O3. The van der Waals surface area contributed by atoms with Gasteiger partial charge in [-0.2, -0.15) is 0 Å². The lowest BCUT2D eigenvalue weighted by Crippen LogP contribution is -2.40. The molecule has 2 aromatic carbocycles.